The molecule has 0 aromatic heterocycles. The molecule has 0 heterocycles. The SMILES string of the molecule is CC(C)N(C[SiH3])C1CCCCC1. The lowest BCUT2D eigenvalue weighted by molar-refractivity contribution is 0.145. The Labute approximate surface area is 79.9 Å². The molecule has 1 aliphatic carbocycles. The summed E-state index contributed by atoms with van der Waals surface area (Å²) >= 11 is 0. The first-order valence-corrected chi connectivity index (χ1v) is 6.93. The molecule has 0 bridgehead atoms. The molecule has 1 aliphatic rings. The molecule has 0 radical (unpaired) electrons. The lowest BCUT2D eigenvalue weighted by Gasteiger charge is -2.36. The third kappa shape index (κ3) is 2.59. The summed E-state index contributed by atoms with van der Waals surface area (Å²) in [6.07, 6.45) is 8.69. The maximum Gasteiger partial charge on any atom is 0.0205 e. The summed E-state index contributed by atoms with van der Waals surface area (Å²) in [5.41, 5.74) is 0. The molecule has 1 fully saturated rings. The molecular weight excluding hydrogens is 162 g/mol. The third-order valence-electron chi connectivity index (χ3n) is 3.07. The van der Waals surface area contributed by atoms with E-state index in [1.807, 2.05) is 0 Å². The van der Waals surface area contributed by atoms with Crippen LogP contribution >= 0.6 is 0 Å². The van der Waals surface area contributed by atoms with Crippen LogP contribution in [0.15, 0.2) is 0 Å². The van der Waals surface area contributed by atoms with E-state index in [2.05, 4.69) is 18.7 Å². The fourth-order valence-corrected chi connectivity index (χ4v) is 3.70. The highest BCUT2D eigenvalue weighted by molar-refractivity contribution is 6.08. The Morgan fingerprint density at radius 1 is 1.25 bits per heavy atom. The first-order chi connectivity index (χ1) is 5.75. The van der Waals surface area contributed by atoms with Gasteiger partial charge in [-0.1, -0.05) is 19.3 Å². The van der Waals surface area contributed by atoms with E-state index >= 15 is 0 Å². The van der Waals surface area contributed by atoms with Crippen LogP contribution in [0.5, 0.6) is 0 Å². The van der Waals surface area contributed by atoms with Crippen molar-refractivity contribution in [1.29, 1.82) is 0 Å². The fourth-order valence-electron chi connectivity index (χ4n) is 2.46. The van der Waals surface area contributed by atoms with E-state index in [0.29, 0.717) is 0 Å². The van der Waals surface area contributed by atoms with Gasteiger partial charge in [0.2, 0.25) is 0 Å². The molecule has 0 aromatic rings. The number of hydrogen-bond donors (Lipinski definition) is 0. The van der Waals surface area contributed by atoms with E-state index in [0.717, 1.165) is 12.1 Å². The van der Waals surface area contributed by atoms with Crippen LogP contribution < -0.4 is 0 Å². The van der Waals surface area contributed by atoms with Gasteiger partial charge in [0.1, 0.15) is 0 Å². The van der Waals surface area contributed by atoms with Crippen LogP contribution in [0.25, 0.3) is 0 Å². The molecule has 0 aliphatic heterocycles. The van der Waals surface area contributed by atoms with Crippen LogP contribution in [0.3, 0.4) is 0 Å². The minimum Gasteiger partial charge on any atom is -0.302 e. The third-order valence-corrected chi connectivity index (χ3v) is 3.80. The first-order valence-electron chi connectivity index (χ1n) is 5.51. The Hall–Kier alpha value is 0.177. The Morgan fingerprint density at radius 3 is 2.25 bits per heavy atom. The molecule has 72 valence electrons. The molecule has 0 atom stereocenters. The van der Waals surface area contributed by atoms with Gasteiger partial charge < -0.3 is 4.90 Å². The molecule has 0 amide bonds. The van der Waals surface area contributed by atoms with Crippen molar-refractivity contribution in [2.45, 2.75) is 58.0 Å². The summed E-state index contributed by atoms with van der Waals surface area (Å²) in [5.74, 6) is 0. The van der Waals surface area contributed by atoms with Crippen molar-refractivity contribution in [3.05, 3.63) is 0 Å². The summed E-state index contributed by atoms with van der Waals surface area (Å²) in [6.45, 7) is 4.68. The molecule has 0 N–H and O–H groups in total. The van der Waals surface area contributed by atoms with Crippen molar-refractivity contribution in [3.63, 3.8) is 0 Å². The number of hydrogen-bond acceptors (Lipinski definition) is 1. The van der Waals surface area contributed by atoms with Gasteiger partial charge in [-0.05, 0) is 32.9 Å². The summed E-state index contributed by atoms with van der Waals surface area (Å²) in [5, 5.41) is 0. The zero-order chi connectivity index (χ0) is 8.97. The van der Waals surface area contributed by atoms with Crippen LogP contribution in [0.2, 0.25) is 0 Å². The van der Waals surface area contributed by atoms with E-state index in [1.165, 1.54) is 48.5 Å². The van der Waals surface area contributed by atoms with E-state index in [9.17, 15) is 0 Å². The molecule has 1 rings (SSSR count). The second kappa shape index (κ2) is 5.03. The minimum atomic E-state index is 0.769. The van der Waals surface area contributed by atoms with Crippen molar-refractivity contribution in [1.82, 2.24) is 4.90 Å². The molecular formula is C10H23NSi. The zero-order valence-corrected chi connectivity index (χ0v) is 10.8. The Morgan fingerprint density at radius 2 is 1.83 bits per heavy atom. The standard InChI is InChI=1S/C10H23NSi/c1-9(2)11(8-12)10-6-4-3-5-7-10/h9-10H,3-8H2,1-2,12H3. The van der Waals surface area contributed by atoms with Gasteiger partial charge in [-0.3, -0.25) is 0 Å². The van der Waals surface area contributed by atoms with Crippen molar-refractivity contribution in [2.75, 3.05) is 6.17 Å². The van der Waals surface area contributed by atoms with Crippen LogP contribution in [-0.2, 0) is 0 Å². The Kier molecular flexibility index (Phi) is 4.30. The summed E-state index contributed by atoms with van der Waals surface area (Å²) < 4.78 is 0. The first kappa shape index (κ1) is 10.3. The Balaban J connectivity index is 2.40. The van der Waals surface area contributed by atoms with Gasteiger partial charge in [0.05, 0.1) is 0 Å². The fraction of sp³-hybridized carbons (Fsp3) is 1.00. The molecule has 12 heavy (non-hydrogen) atoms. The second-order valence-electron chi connectivity index (χ2n) is 4.22. The van der Waals surface area contributed by atoms with Crippen LogP contribution in [0.1, 0.15) is 46.0 Å². The summed E-state index contributed by atoms with van der Waals surface area (Å²) in [7, 11) is 1.33. The highest BCUT2D eigenvalue weighted by Gasteiger charge is 2.21. The quantitative estimate of drug-likeness (QED) is 0.600. The van der Waals surface area contributed by atoms with Crippen molar-refractivity contribution in [2.24, 2.45) is 0 Å². The predicted octanol–water partition coefficient (Wildman–Crippen LogP) is 1.35. The largest absolute Gasteiger partial charge is 0.302 e. The van der Waals surface area contributed by atoms with E-state index in [4.69, 9.17) is 0 Å². The zero-order valence-electron chi connectivity index (χ0n) is 8.84. The monoisotopic (exact) mass is 185 g/mol. The van der Waals surface area contributed by atoms with Gasteiger partial charge in [0.15, 0.2) is 0 Å². The smallest absolute Gasteiger partial charge is 0.0205 e. The van der Waals surface area contributed by atoms with Crippen LogP contribution in [0.4, 0.5) is 0 Å². The number of nitrogens with zero attached hydrogens (tertiary/aromatic N) is 1. The van der Waals surface area contributed by atoms with E-state index < -0.39 is 0 Å². The molecule has 0 unspecified atom stereocenters. The molecule has 2 heteroatoms. The maximum atomic E-state index is 2.71. The lowest BCUT2D eigenvalue weighted by Crippen LogP contribution is -2.42. The highest BCUT2D eigenvalue weighted by Crippen LogP contribution is 2.23. The van der Waals surface area contributed by atoms with Gasteiger partial charge in [-0.15, -0.1) is 0 Å². The lowest BCUT2D eigenvalue weighted by atomic mass is 9.94. The van der Waals surface area contributed by atoms with Gasteiger partial charge in [0.25, 0.3) is 0 Å². The van der Waals surface area contributed by atoms with Crippen molar-refractivity contribution in [3.8, 4) is 0 Å². The summed E-state index contributed by atoms with van der Waals surface area (Å²) in [4.78, 5) is 2.71. The normalized spacial score (nSPS) is 21.0. The average molecular weight is 185 g/mol. The van der Waals surface area contributed by atoms with Crippen LogP contribution in [0, 0.1) is 0 Å². The van der Waals surface area contributed by atoms with Gasteiger partial charge in [-0.25, -0.2) is 0 Å². The predicted molar refractivity (Wildman–Crippen MR) is 58.7 cm³/mol. The van der Waals surface area contributed by atoms with E-state index in [-0.39, 0.29) is 0 Å². The number of rotatable bonds is 3. The second-order valence-corrected chi connectivity index (χ2v) is 4.85. The molecule has 1 nitrogen and oxygen atoms in total. The topological polar surface area (TPSA) is 3.24 Å². The van der Waals surface area contributed by atoms with Crippen molar-refractivity contribution >= 4 is 10.2 Å². The Bertz CT molecular complexity index is 119. The maximum absolute atomic E-state index is 2.71. The highest BCUT2D eigenvalue weighted by atomic mass is 28.1. The molecule has 0 saturated heterocycles. The van der Waals surface area contributed by atoms with Gasteiger partial charge in [0, 0.05) is 22.3 Å². The van der Waals surface area contributed by atoms with Crippen molar-refractivity contribution < 1.29 is 0 Å². The average Bonchev–Trinajstić information content (AvgIpc) is 2.07. The van der Waals surface area contributed by atoms with Gasteiger partial charge >= 0.3 is 0 Å². The van der Waals surface area contributed by atoms with Gasteiger partial charge in [-0.2, -0.15) is 0 Å². The van der Waals surface area contributed by atoms with Crippen LogP contribution in [-0.4, -0.2) is 33.4 Å². The molecule has 0 aromatic carbocycles. The minimum absolute atomic E-state index is 0.769. The van der Waals surface area contributed by atoms with E-state index in [1.54, 1.807) is 0 Å². The summed E-state index contributed by atoms with van der Waals surface area (Å²) in [6, 6.07) is 1.70. The molecule has 0 spiro atoms. The molecule has 1 saturated carbocycles.